The van der Waals surface area contributed by atoms with E-state index in [1.54, 1.807) is 30.3 Å². The van der Waals surface area contributed by atoms with Gasteiger partial charge in [0.15, 0.2) is 11.5 Å². The lowest BCUT2D eigenvalue weighted by atomic mass is 9.99. The Morgan fingerprint density at radius 3 is 1.79 bits per heavy atom. The molecule has 0 unspecified atom stereocenters. The molecular formula is C22H23NO6. The zero-order valence-corrected chi connectivity index (χ0v) is 16.7. The summed E-state index contributed by atoms with van der Waals surface area (Å²) in [6.45, 7) is 0. The Bertz CT molecular complexity index is 922. The van der Waals surface area contributed by atoms with Gasteiger partial charge in [0.2, 0.25) is 11.7 Å². The van der Waals surface area contributed by atoms with Crippen molar-refractivity contribution in [1.82, 2.24) is 0 Å². The number of rotatable bonds is 8. The topological polar surface area (TPSA) is 97.1 Å². The molecule has 0 spiro atoms. The van der Waals surface area contributed by atoms with Crippen molar-refractivity contribution in [1.29, 1.82) is 0 Å². The van der Waals surface area contributed by atoms with Crippen molar-refractivity contribution in [2.24, 2.45) is 5.73 Å². The molecule has 0 aliphatic carbocycles. The summed E-state index contributed by atoms with van der Waals surface area (Å²) in [7, 11) is 5.69. The van der Waals surface area contributed by atoms with Gasteiger partial charge in [-0.1, -0.05) is 30.3 Å². The maximum absolute atomic E-state index is 12.4. The zero-order valence-electron chi connectivity index (χ0n) is 16.7. The predicted octanol–water partition coefficient (Wildman–Crippen LogP) is 2.84. The minimum atomic E-state index is -0.786. The lowest BCUT2D eigenvalue weighted by Gasteiger charge is -2.14. The molecule has 152 valence electrons. The van der Waals surface area contributed by atoms with Crippen LogP contribution in [0.1, 0.15) is 11.1 Å². The molecule has 0 radical (unpaired) electrons. The van der Waals surface area contributed by atoms with Gasteiger partial charge in [-0.25, -0.2) is 4.79 Å². The van der Waals surface area contributed by atoms with Gasteiger partial charge in [0, 0.05) is 0 Å². The molecule has 7 heteroatoms. The molecule has 0 aromatic heterocycles. The van der Waals surface area contributed by atoms with Gasteiger partial charge < -0.3 is 24.7 Å². The van der Waals surface area contributed by atoms with E-state index in [-0.39, 0.29) is 11.1 Å². The number of hydrogen-bond acceptors (Lipinski definition) is 6. The van der Waals surface area contributed by atoms with E-state index < -0.39 is 11.9 Å². The fourth-order valence-corrected chi connectivity index (χ4v) is 2.71. The molecule has 7 nitrogen and oxygen atoms in total. The number of ether oxygens (including phenoxy) is 4. The third kappa shape index (κ3) is 5.16. The SMILES string of the molecule is COC(=O)C(=C/c1ccccc1)/C(=C/c1cc(OC)c(OC)c(OC)c1)C(N)=O. The number of hydrogen-bond donors (Lipinski definition) is 1. The zero-order chi connectivity index (χ0) is 21.4. The predicted molar refractivity (Wildman–Crippen MR) is 110 cm³/mol. The normalized spacial score (nSPS) is 11.6. The van der Waals surface area contributed by atoms with Crippen molar-refractivity contribution < 1.29 is 28.5 Å². The van der Waals surface area contributed by atoms with Crippen molar-refractivity contribution in [3.8, 4) is 17.2 Å². The minimum Gasteiger partial charge on any atom is -0.493 e. The van der Waals surface area contributed by atoms with Gasteiger partial charge in [-0.3, -0.25) is 4.79 Å². The number of carbonyl (C=O) groups is 2. The summed E-state index contributed by atoms with van der Waals surface area (Å²) in [5, 5.41) is 0. The van der Waals surface area contributed by atoms with Crippen molar-refractivity contribution in [2.75, 3.05) is 28.4 Å². The lowest BCUT2D eigenvalue weighted by Crippen LogP contribution is -2.20. The Morgan fingerprint density at radius 2 is 1.34 bits per heavy atom. The molecule has 2 aromatic carbocycles. The monoisotopic (exact) mass is 397 g/mol. The van der Waals surface area contributed by atoms with E-state index in [1.807, 2.05) is 18.2 Å². The smallest absolute Gasteiger partial charge is 0.338 e. The van der Waals surface area contributed by atoms with Crippen molar-refractivity contribution in [2.45, 2.75) is 0 Å². The summed E-state index contributed by atoms with van der Waals surface area (Å²) in [5.74, 6) is -0.277. The second kappa shape index (κ2) is 9.98. The van der Waals surface area contributed by atoms with Crippen LogP contribution in [-0.2, 0) is 14.3 Å². The van der Waals surface area contributed by atoms with Crippen LogP contribution < -0.4 is 19.9 Å². The van der Waals surface area contributed by atoms with Crippen LogP contribution in [0.2, 0.25) is 0 Å². The molecule has 0 saturated heterocycles. The first-order valence-electron chi connectivity index (χ1n) is 8.62. The number of nitrogens with two attached hydrogens (primary N) is 1. The van der Waals surface area contributed by atoms with Crippen molar-refractivity contribution in [3.05, 3.63) is 64.7 Å². The van der Waals surface area contributed by atoms with Gasteiger partial charge in [0.05, 0.1) is 39.6 Å². The van der Waals surface area contributed by atoms with E-state index in [1.165, 1.54) is 34.5 Å². The number of benzene rings is 2. The standard InChI is InChI=1S/C22H23NO6/c1-26-18-12-15(13-19(27-2)20(18)28-3)11-16(21(23)24)17(22(25)29-4)10-14-8-6-5-7-9-14/h5-13H,1-4H3,(H2,23,24)/b16-11-,17-10+. The highest BCUT2D eigenvalue weighted by Gasteiger charge is 2.21. The van der Waals surface area contributed by atoms with Gasteiger partial charge >= 0.3 is 5.97 Å². The highest BCUT2D eigenvalue weighted by Crippen LogP contribution is 2.39. The van der Waals surface area contributed by atoms with Crippen molar-refractivity contribution in [3.63, 3.8) is 0 Å². The van der Waals surface area contributed by atoms with Crippen LogP contribution in [0.25, 0.3) is 12.2 Å². The maximum Gasteiger partial charge on any atom is 0.338 e. The van der Waals surface area contributed by atoms with Gasteiger partial charge in [0.1, 0.15) is 0 Å². The summed E-state index contributed by atoms with van der Waals surface area (Å²) in [6, 6.07) is 12.3. The van der Waals surface area contributed by atoms with E-state index in [2.05, 4.69) is 0 Å². The van der Waals surface area contributed by atoms with E-state index in [4.69, 9.17) is 24.7 Å². The Kier molecular flexibility index (Phi) is 7.42. The molecule has 0 heterocycles. The number of amides is 1. The highest BCUT2D eigenvalue weighted by molar-refractivity contribution is 6.14. The Hall–Kier alpha value is -3.74. The van der Waals surface area contributed by atoms with E-state index in [0.717, 1.165) is 0 Å². The number of esters is 1. The van der Waals surface area contributed by atoms with Gasteiger partial charge in [0.25, 0.3) is 0 Å². The second-order valence-corrected chi connectivity index (χ2v) is 5.84. The quantitative estimate of drug-likeness (QED) is 0.418. The van der Waals surface area contributed by atoms with Crippen LogP contribution in [0.3, 0.4) is 0 Å². The van der Waals surface area contributed by atoms with Crippen LogP contribution in [0.4, 0.5) is 0 Å². The Balaban J connectivity index is 2.67. The van der Waals surface area contributed by atoms with Gasteiger partial charge in [-0.2, -0.15) is 0 Å². The van der Waals surface area contributed by atoms with E-state index in [9.17, 15) is 9.59 Å². The first-order chi connectivity index (χ1) is 13.9. The largest absolute Gasteiger partial charge is 0.493 e. The van der Waals surface area contributed by atoms with Crippen LogP contribution >= 0.6 is 0 Å². The fourth-order valence-electron chi connectivity index (χ4n) is 2.71. The molecule has 29 heavy (non-hydrogen) atoms. The molecule has 0 aliphatic heterocycles. The molecule has 0 aliphatic rings. The molecule has 0 fully saturated rings. The van der Waals surface area contributed by atoms with Crippen LogP contribution in [0.15, 0.2) is 53.6 Å². The average molecular weight is 397 g/mol. The number of methoxy groups -OCH3 is 4. The third-order valence-corrected chi connectivity index (χ3v) is 4.07. The highest BCUT2D eigenvalue weighted by atomic mass is 16.5. The molecule has 0 atom stereocenters. The van der Waals surface area contributed by atoms with Crippen molar-refractivity contribution >= 4 is 24.0 Å². The van der Waals surface area contributed by atoms with Crippen LogP contribution in [-0.4, -0.2) is 40.3 Å². The van der Waals surface area contributed by atoms with Gasteiger partial charge in [-0.15, -0.1) is 0 Å². The summed E-state index contributed by atoms with van der Waals surface area (Å²) in [6.07, 6.45) is 3.01. The second-order valence-electron chi connectivity index (χ2n) is 5.84. The molecule has 0 saturated carbocycles. The van der Waals surface area contributed by atoms with Crippen LogP contribution in [0, 0.1) is 0 Å². The molecule has 1 amide bonds. The van der Waals surface area contributed by atoms with E-state index >= 15 is 0 Å². The summed E-state index contributed by atoms with van der Waals surface area (Å²) < 4.78 is 20.8. The fraction of sp³-hybridized carbons (Fsp3) is 0.182. The Labute approximate surface area is 169 Å². The van der Waals surface area contributed by atoms with Gasteiger partial charge in [-0.05, 0) is 35.4 Å². The third-order valence-electron chi connectivity index (χ3n) is 4.07. The molecule has 2 N–H and O–H groups in total. The first-order valence-corrected chi connectivity index (χ1v) is 8.62. The van der Waals surface area contributed by atoms with E-state index in [0.29, 0.717) is 28.4 Å². The van der Waals surface area contributed by atoms with Crippen LogP contribution in [0.5, 0.6) is 17.2 Å². The Morgan fingerprint density at radius 1 is 0.793 bits per heavy atom. The molecule has 2 aromatic rings. The lowest BCUT2D eigenvalue weighted by molar-refractivity contribution is -0.136. The summed E-state index contributed by atoms with van der Waals surface area (Å²) in [5.41, 5.74) is 6.83. The number of primary amides is 1. The summed E-state index contributed by atoms with van der Waals surface area (Å²) >= 11 is 0. The first kappa shape index (κ1) is 21.6. The summed E-state index contributed by atoms with van der Waals surface area (Å²) in [4.78, 5) is 24.6. The molecular weight excluding hydrogens is 374 g/mol. The molecule has 2 rings (SSSR count). The number of carbonyl (C=O) groups excluding carboxylic acids is 2. The maximum atomic E-state index is 12.4. The minimum absolute atomic E-state index is 0.0185. The molecule has 0 bridgehead atoms. The average Bonchev–Trinajstić information content (AvgIpc) is 2.75.